The molecule has 0 unspecified atom stereocenters. The maximum atomic E-state index is 12.6. The first-order valence-electron chi connectivity index (χ1n) is 9.38. The lowest BCUT2D eigenvalue weighted by molar-refractivity contribution is -0.153. The lowest BCUT2D eigenvalue weighted by Gasteiger charge is -2.46. The second-order valence-electron chi connectivity index (χ2n) is 8.00. The molecule has 0 aromatic heterocycles. The summed E-state index contributed by atoms with van der Waals surface area (Å²) < 4.78 is 0. The smallest absolute Gasteiger partial charge is 0.245 e. The van der Waals surface area contributed by atoms with Crippen LogP contribution >= 0.6 is 0 Å². The number of carbonyl (C=O) groups excluding carboxylic acids is 2. The topological polar surface area (TPSA) is 52.7 Å². The molecule has 2 heterocycles. The van der Waals surface area contributed by atoms with Gasteiger partial charge in [-0.15, -0.1) is 0 Å². The molecule has 130 valence electrons. The van der Waals surface area contributed by atoms with Crippen LogP contribution in [-0.4, -0.2) is 59.9 Å². The Balaban J connectivity index is 1.58. The highest BCUT2D eigenvalue weighted by Crippen LogP contribution is 2.26. The molecule has 23 heavy (non-hydrogen) atoms. The molecular formula is C18H31N3O2. The van der Waals surface area contributed by atoms with E-state index in [2.05, 4.69) is 24.1 Å². The summed E-state index contributed by atoms with van der Waals surface area (Å²) >= 11 is 0. The molecule has 5 heteroatoms. The lowest BCUT2D eigenvalue weighted by Crippen LogP contribution is -2.69. The number of nitrogens with zero attached hydrogens (tertiary/aromatic N) is 2. The predicted molar refractivity (Wildman–Crippen MR) is 89.9 cm³/mol. The van der Waals surface area contributed by atoms with E-state index in [1.165, 1.54) is 32.1 Å². The van der Waals surface area contributed by atoms with Crippen LogP contribution in [0.5, 0.6) is 0 Å². The summed E-state index contributed by atoms with van der Waals surface area (Å²) in [5.41, 5.74) is 0. The fourth-order valence-corrected chi connectivity index (χ4v) is 4.39. The third-order valence-corrected chi connectivity index (χ3v) is 5.61. The maximum Gasteiger partial charge on any atom is 0.245 e. The van der Waals surface area contributed by atoms with Crippen molar-refractivity contribution >= 4 is 11.8 Å². The molecule has 3 fully saturated rings. The highest BCUT2D eigenvalue weighted by atomic mass is 16.2. The Morgan fingerprint density at radius 1 is 1.13 bits per heavy atom. The minimum Gasteiger partial charge on any atom is -0.342 e. The number of carbonyl (C=O) groups is 2. The van der Waals surface area contributed by atoms with Crippen molar-refractivity contribution in [2.45, 2.75) is 64.5 Å². The first kappa shape index (κ1) is 16.7. The van der Waals surface area contributed by atoms with Gasteiger partial charge in [-0.1, -0.05) is 33.1 Å². The summed E-state index contributed by atoms with van der Waals surface area (Å²) in [6, 6.07) is -0.591. The van der Waals surface area contributed by atoms with E-state index in [-0.39, 0.29) is 23.9 Å². The molecule has 0 aromatic rings. The van der Waals surface area contributed by atoms with Crippen LogP contribution in [0.4, 0.5) is 0 Å². The number of nitrogens with one attached hydrogen (secondary N) is 1. The van der Waals surface area contributed by atoms with Gasteiger partial charge in [-0.2, -0.15) is 0 Å². The fraction of sp³-hybridized carbons (Fsp3) is 0.889. The van der Waals surface area contributed by atoms with Crippen molar-refractivity contribution in [1.29, 1.82) is 0 Å². The van der Waals surface area contributed by atoms with Crippen LogP contribution in [0.3, 0.4) is 0 Å². The van der Waals surface area contributed by atoms with Gasteiger partial charge in [0, 0.05) is 26.2 Å². The molecule has 1 N–H and O–H groups in total. The van der Waals surface area contributed by atoms with Crippen LogP contribution in [0.1, 0.15) is 52.4 Å². The molecule has 0 spiro atoms. The third-order valence-electron chi connectivity index (χ3n) is 5.61. The number of hydrogen-bond acceptors (Lipinski definition) is 3. The second kappa shape index (κ2) is 7.20. The van der Waals surface area contributed by atoms with Crippen LogP contribution in [0.2, 0.25) is 0 Å². The lowest BCUT2D eigenvalue weighted by atomic mass is 9.88. The molecule has 0 bridgehead atoms. The van der Waals surface area contributed by atoms with Gasteiger partial charge >= 0.3 is 0 Å². The van der Waals surface area contributed by atoms with E-state index in [4.69, 9.17) is 0 Å². The highest BCUT2D eigenvalue weighted by Gasteiger charge is 2.43. The van der Waals surface area contributed by atoms with Crippen LogP contribution in [0, 0.1) is 11.8 Å². The van der Waals surface area contributed by atoms with Crippen LogP contribution in [0.15, 0.2) is 0 Å². The molecule has 5 nitrogen and oxygen atoms in total. The zero-order valence-electron chi connectivity index (χ0n) is 14.6. The fourth-order valence-electron chi connectivity index (χ4n) is 4.39. The van der Waals surface area contributed by atoms with Gasteiger partial charge in [0.05, 0.1) is 0 Å². The van der Waals surface area contributed by atoms with Crippen molar-refractivity contribution in [2.75, 3.05) is 26.2 Å². The molecule has 1 saturated carbocycles. The molecular weight excluding hydrogens is 290 g/mol. The minimum absolute atomic E-state index is 0.0450. The van der Waals surface area contributed by atoms with E-state index in [0.29, 0.717) is 19.0 Å². The molecule has 3 aliphatic rings. The SMILES string of the molecule is CC(C)C[C@H]1NC(=O)[C@H]2CN(CC3CCCCC3)CCN2C1=O. The first-order valence-corrected chi connectivity index (χ1v) is 9.38. The van der Waals surface area contributed by atoms with E-state index in [1.807, 2.05) is 4.90 Å². The zero-order valence-corrected chi connectivity index (χ0v) is 14.6. The molecule has 1 aliphatic carbocycles. The van der Waals surface area contributed by atoms with Crippen LogP contribution < -0.4 is 5.32 Å². The Labute approximate surface area is 139 Å². The Morgan fingerprint density at radius 2 is 1.87 bits per heavy atom. The normalized spacial score (nSPS) is 30.5. The molecule has 2 amide bonds. The average Bonchev–Trinajstić information content (AvgIpc) is 2.53. The molecule has 2 atom stereocenters. The van der Waals surface area contributed by atoms with E-state index >= 15 is 0 Å². The monoisotopic (exact) mass is 321 g/mol. The van der Waals surface area contributed by atoms with Crippen molar-refractivity contribution in [3.8, 4) is 0 Å². The van der Waals surface area contributed by atoms with Crippen molar-refractivity contribution < 1.29 is 9.59 Å². The summed E-state index contributed by atoms with van der Waals surface area (Å²) in [6.07, 6.45) is 7.47. The van der Waals surface area contributed by atoms with Gasteiger partial charge in [0.1, 0.15) is 12.1 Å². The van der Waals surface area contributed by atoms with Crippen LogP contribution in [-0.2, 0) is 9.59 Å². The Morgan fingerprint density at radius 3 is 2.57 bits per heavy atom. The molecule has 3 rings (SSSR count). The van der Waals surface area contributed by atoms with Crippen LogP contribution in [0.25, 0.3) is 0 Å². The molecule has 2 saturated heterocycles. The molecule has 0 radical (unpaired) electrons. The third kappa shape index (κ3) is 3.87. The Kier molecular flexibility index (Phi) is 5.24. The van der Waals surface area contributed by atoms with E-state index < -0.39 is 0 Å². The standard InChI is InChI=1S/C18H31N3O2/c1-13(2)10-15-18(23)21-9-8-20(12-16(21)17(22)19-15)11-14-6-4-3-5-7-14/h13-16H,3-12H2,1-2H3,(H,19,22)/t15-,16-/m1/s1. The van der Waals surface area contributed by atoms with Gasteiger partial charge in [0.25, 0.3) is 0 Å². The van der Waals surface area contributed by atoms with Gasteiger partial charge in [-0.3, -0.25) is 14.5 Å². The van der Waals surface area contributed by atoms with Gasteiger partial charge in [-0.05, 0) is 31.1 Å². The summed E-state index contributed by atoms with van der Waals surface area (Å²) in [6.45, 7) is 7.61. The zero-order chi connectivity index (χ0) is 16.4. The molecule has 2 aliphatic heterocycles. The summed E-state index contributed by atoms with van der Waals surface area (Å²) in [4.78, 5) is 29.3. The van der Waals surface area contributed by atoms with E-state index in [1.54, 1.807) is 0 Å². The van der Waals surface area contributed by atoms with Gasteiger partial charge < -0.3 is 10.2 Å². The van der Waals surface area contributed by atoms with Crippen molar-refractivity contribution in [3.05, 3.63) is 0 Å². The van der Waals surface area contributed by atoms with E-state index in [9.17, 15) is 9.59 Å². The Bertz CT molecular complexity index is 446. The second-order valence-corrected chi connectivity index (χ2v) is 8.00. The van der Waals surface area contributed by atoms with Crippen molar-refractivity contribution in [2.24, 2.45) is 11.8 Å². The average molecular weight is 321 g/mol. The van der Waals surface area contributed by atoms with Gasteiger partial charge in [0.15, 0.2) is 0 Å². The van der Waals surface area contributed by atoms with Crippen molar-refractivity contribution in [1.82, 2.24) is 15.1 Å². The quantitative estimate of drug-likeness (QED) is 0.856. The van der Waals surface area contributed by atoms with Crippen molar-refractivity contribution in [3.63, 3.8) is 0 Å². The summed E-state index contributed by atoms with van der Waals surface area (Å²) in [5.74, 6) is 1.36. The Hall–Kier alpha value is -1.10. The highest BCUT2D eigenvalue weighted by molar-refractivity contribution is 5.97. The minimum atomic E-state index is -0.316. The maximum absolute atomic E-state index is 12.6. The first-order chi connectivity index (χ1) is 11.0. The predicted octanol–water partition coefficient (Wildman–Crippen LogP) is 1.62. The van der Waals surface area contributed by atoms with E-state index in [0.717, 1.165) is 25.4 Å². The largest absolute Gasteiger partial charge is 0.342 e. The number of rotatable bonds is 4. The number of fused-ring (bicyclic) bond motifs is 1. The summed E-state index contributed by atoms with van der Waals surface area (Å²) in [7, 11) is 0. The van der Waals surface area contributed by atoms with Gasteiger partial charge in [-0.25, -0.2) is 0 Å². The number of piperazine rings is 2. The molecule has 0 aromatic carbocycles. The number of amides is 2. The summed E-state index contributed by atoms with van der Waals surface area (Å²) in [5, 5.41) is 2.96. The van der Waals surface area contributed by atoms with Gasteiger partial charge in [0.2, 0.25) is 11.8 Å². The number of hydrogen-bond donors (Lipinski definition) is 1.